The maximum atomic E-state index is 12.6. The van der Waals surface area contributed by atoms with Crippen LogP contribution in [0.3, 0.4) is 0 Å². The van der Waals surface area contributed by atoms with Crippen LogP contribution in [0, 0.1) is 25.2 Å². The number of nitrogens with one attached hydrogen (secondary N) is 1. The second-order valence-corrected chi connectivity index (χ2v) is 11.0. The topological polar surface area (TPSA) is 32.3 Å². The van der Waals surface area contributed by atoms with Gasteiger partial charge in [0.25, 0.3) is 0 Å². The van der Waals surface area contributed by atoms with Crippen LogP contribution in [-0.2, 0) is 17.8 Å². The minimum absolute atomic E-state index is 0.185. The number of hydrogen-bond donors (Lipinski definition) is 1. The lowest BCUT2D eigenvalue weighted by Gasteiger charge is -2.61. The largest absolute Gasteiger partial charge is 0.367 e. The van der Waals surface area contributed by atoms with E-state index in [2.05, 4.69) is 42.3 Å². The van der Waals surface area contributed by atoms with Crippen molar-refractivity contribution in [3.8, 4) is 0 Å². The van der Waals surface area contributed by atoms with Gasteiger partial charge in [-0.25, -0.2) is 0 Å². The molecule has 2 aromatic rings. The molecule has 0 radical (unpaired) electrons. The fourth-order valence-electron chi connectivity index (χ4n) is 5.43. The molecule has 0 unspecified atom stereocenters. The first-order chi connectivity index (χ1) is 13.4. The summed E-state index contributed by atoms with van der Waals surface area (Å²) in [4.78, 5) is 16.5. The Morgan fingerprint density at radius 1 is 1.25 bits per heavy atom. The summed E-state index contributed by atoms with van der Waals surface area (Å²) < 4.78 is 0.890. The Kier molecular flexibility index (Phi) is 4.48. The number of amides is 1. The summed E-state index contributed by atoms with van der Waals surface area (Å²) in [5.41, 5.74) is 6.24. The Labute approximate surface area is 176 Å². The van der Waals surface area contributed by atoms with E-state index < -0.39 is 0 Å². The molecular weight excluding hydrogens is 388 g/mol. The van der Waals surface area contributed by atoms with E-state index in [0.29, 0.717) is 11.8 Å². The molecule has 1 N–H and O–H groups in total. The molecular formula is C23H27ClN2OS. The number of nitrogens with zero attached hydrogens (tertiary/aromatic N) is 1. The Morgan fingerprint density at radius 2 is 1.96 bits per heavy atom. The van der Waals surface area contributed by atoms with E-state index in [4.69, 9.17) is 11.6 Å². The van der Waals surface area contributed by atoms with Gasteiger partial charge in [-0.2, -0.15) is 0 Å². The molecule has 3 saturated carbocycles. The summed E-state index contributed by atoms with van der Waals surface area (Å²) in [6.07, 6.45) is 6.74. The van der Waals surface area contributed by atoms with Crippen LogP contribution >= 0.6 is 22.9 Å². The van der Waals surface area contributed by atoms with Gasteiger partial charge in [-0.1, -0.05) is 11.6 Å². The van der Waals surface area contributed by atoms with Gasteiger partial charge in [-0.05, 0) is 92.2 Å². The normalized spacial score (nSPS) is 25.4. The second-order valence-electron chi connectivity index (χ2n) is 9.18. The van der Waals surface area contributed by atoms with Crippen LogP contribution in [0.2, 0.25) is 4.34 Å². The van der Waals surface area contributed by atoms with Gasteiger partial charge < -0.3 is 10.2 Å². The summed E-state index contributed by atoms with van der Waals surface area (Å²) in [6, 6.07) is 6.57. The van der Waals surface area contributed by atoms with Gasteiger partial charge >= 0.3 is 0 Å². The molecule has 4 aliphatic rings. The van der Waals surface area contributed by atoms with Crippen LogP contribution in [0.1, 0.15) is 53.7 Å². The average molecular weight is 415 g/mol. The van der Waals surface area contributed by atoms with E-state index in [1.807, 2.05) is 0 Å². The third-order valence-electron chi connectivity index (χ3n) is 6.91. The second kappa shape index (κ2) is 6.77. The predicted molar refractivity (Wildman–Crippen MR) is 118 cm³/mol. The first-order valence-corrected chi connectivity index (χ1v) is 11.5. The zero-order chi connectivity index (χ0) is 19.5. The molecule has 5 heteroatoms. The van der Waals surface area contributed by atoms with Crippen LogP contribution < -0.4 is 10.2 Å². The summed E-state index contributed by atoms with van der Waals surface area (Å²) in [7, 11) is 0. The van der Waals surface area contributed by atoms with E-state index >= 15 is 0 Å². The maximum absolute atomic E-state index is 12.6. The fourth-order valence-corrected chi connectivity index (χ4v) is 6.78. The van der Waals surface area contributed by atoms with Crippen molar-refractivity contribution < 1.29 is 4.79 Å². The number of carbonyl (C=O) groups excluding carboxylic acids is 1. The minimum Gasteiger partial charge on any atom is -0.367 e. The highest BCUT2D eigenvalue weighted by molar-refractivity contribution is 7.16. The zero-order valence-electron chi connectivity index (χ0n) is 16.6. The standard InChI is InChI=1S/C23H27ClN2OS/c1-14-6-18(26-5-3-4-19-17(13-26)8-20(24)28-19)7-15(2)22(14)25-21(27)12-23-9-16(10-23)11-23/h6-8,16H,3-5,9-13H2,1-2H3,(H,25,27). The molecule has 0 saturated heterocycles. The van der Waals surface area contributed by atoms with Crippen LogP contribution in [0.5, 0.6) is 0 Å². The number of benzene rings is 1. The lowest BCUT2D eigenvalue weighted by atomic mass is 9.43. The van der Waals surface area contributed by atoms with Crippen LogP contribution in [0.25, 0.3) is 0 Å². The van der Waals surface area contributed by atoms with E-state index in [-0.39, 0.29) is 5.91 Å². The number of thiophene rings is 1. The van der Waals surface area contributed by atoms with E-state index in [1.54, 1.807) is 11.3 Å². The van der Waals surface area contributed by atoms with Crippen LogP contribution in [0.4, 0.5) is 11.4 Å². The molecule has 3 nitrogen and oxygen atoms in total. The highest BCUT2D eigenvalue weighted by Gasteiger charge is 2.56. The minimum atomic E-state index is 0.185. The molecule has 3 fully saturated rings. The molecule has 1 aromatic heterocycles. The summed E-state index contributed by atoms with van der Waals surface area (Å²) in [5, 5.41) is 3.22. The molecule has 148 valence electrons. The van der Waals surface area contributed by atoms with Crippen molar-refractivity contribution in [2.75, 3.05) is 16.8 Å². The van der Waals surface area contributed by atoms with Crippen molar-refractivity contribution in [3.63, 3.8) is 0 Å². The van der Waals surface area contributed by atoms with Gasteiger partial charge in [-0.15, -0.1) is 11.3 Å². The quantitative estimate of drug-likeness (QED) is 0.655. The molecule has 0 atom stereocenters. The SMILES string of the molecule is Cc1cc(N2CCCc3sc(Cl)cc3C2)cc(C)c1NC(=O)CC12CC(C1)C2. The van der Waals surface area contributed by atoms with Gasteiger partial charge in [0, 0.05) is 35.8 Å². The van der Waals surface area contributed by atoms with Gasteiger partial charge in [0.1, 0.15) is 0 Å². The third kappa shape index (κ3) is 3.25. The van der Waals surface area contributed by atoms with Gasteiger partial charge in [-0.3, -0.25) is 4.79 Å². The zero-order valence-corrected chi connectivity index (χ0v) is 18.2. The van der Waals surface area contributed by atoms with Crippen LogP contribution in [-0.4, -0.2) is 12.5 Å². The summed E-state index contributed by atoms with van der Waals surface area (Å²) >= 11 is 7.96. The van der Waals surface area contributed by atoms with Crippen molar-refractivity contribution in [1.29, 1.82) is 0 Å². The lowest BCUT2D eigenvalue weighted by molar-refractivity contribution is -0.139. The molecule has 0 spiro atoms. The number of aryl methyl sites for hydroxylation is 3. The highest BCUT2D eigenvalue weighted by atomic mass is 35.5. The number of rotatable bonds is 4. The Bertz CT molecular complexity index is 910. The molecule has 1 amide bonds. The molecule has 6 rings (SSSR count). The highest BCUT2D eigenvalue weighted by Crippen LogP contribution is 2.66. The number of hydrogen-bond acceptors (Lipinski definition) is 3. The Balaban J connectivity index is 1.33. The molecule has 1 aliphatic heterocycles. The molecule has 28 heavy (non-hydrogen) atoms. The predicted octanol–water partition coefficient (Wildman–Crippen LogP) is 6.10. The number of carbonyl (C=O) groups is 1. The molecule has 2 bridgehead atoms. The number of fused-ring (bicyclic) bond motifs is 1. The molecule has 3 aliphatic carbocycles. The van der Waals surface area contributed by atoms with Gasteiger partial charge in [0.2, 0.25) is 5.91 Å². The van der Waals surface area contributed by atoms with Crippen molar-refractivity contribution in [2.45, 2.75) is 58.9 Å². The Hall–Kier alpha value is -1.52. The lowest BCUT2D eigenvalue weighted by Crippen LogP contribution is -2.53. The molecule has 1 aromatic carbocycles. The average Bonchev–Trinajstić information content (AvgIpc) is 2.80. The van der Waals surface area contributed by atoms with E-state index in [1.165, 1.54) is 35.4 Å². The van der Waals surface area contributed by atoms with E-state index in [9.17, 15) is 4.79 Å². The smallest absolute Gasteiger partial charge is 0.224 e. The van der Waals surface area contributed by atoms with Crippen molar-refractivity contribution in [2.24, 2.45) is 11.3 Å². The monoisotopic (exact) mass is 414 g/mol. The van der Waals surface area contributed by atoms with Gasteiger partial charge in [0.05, 0.1) is 4.34 Å². The third-order valence-corrected chi connectivity index (χ3v) is 8.27. The fraction of sp³-hybridized carbons (Fsp3) is 0.522. The number of halogens is 1. The van der Waals surface area contributed by atoms with Crippen LogP contribution in [0.15, 0.2) is 18.2 Å². The molecule has 2 heterocycles. The summed E-state index contributed by atoms with van der Waals surface area (Å²) in [6.45, 7) is 6.18. The first kappa shape index (κ1) is 18.5. The summed E-state index contributed by atoms with van der Waals surface area (Å²) in [5.74, 6) is 1.10. The number of anilines is 2. The van der Waals surface area contributed by atoms with E-state index in [0.717, 1.165) is 53.0 Å². The Morgan fingerprint density at radius 3 is 2.61 bits per heavy atom. The maximum Gasteiger partial charge on any atom is 0.224 e. The van der Waals surface area contributed by atoms with Crippen molar-refractivity contribution >= 4 is 40.2 Å². The van der Waals surface area contributed by atoms with Crippen molar-refractivity contribution in [1.82, 2.24) is 0 Å². The van der Waals surface area contributed by atoms with Crippen molar-refractivity contribution in [3.05, 3.63) is 44.1 Å². The first-order valence-electron chi connectivity index (χ1n) is 10.3. The van der Waals surface area contributed by atoms with Gasteiger partial charge in [0.15, 0.2) is 0 Å².